The lowest BCUT2D eigenvalue weighted by molar-refractivity contribution is -0.153. The van der Waals surface area contributed by atoms with E-state index in [2.05, 4.69) is 4.84 Å². The summed E-state index contributed by atoms with van der Waals surface area (Å²) in [6.45, 7) is -0.490. The fourth-order valence-electron chi connectivity index (χ4n) is 1.80. The predicted molar refractivity (Wildman–Crippen MR) is 68.9 cm³/mol. The zero-order chi connectivity index (χ0) is 13.5. The van der Waals surface area contributed by atoms with Gasteiger partial charge in [0.1, 0.15) is 0 Å². The second-order valence-corrected chi connectivity index (χ2v) is 3.96. The standard InChI is InChI=1S/C15H13NO3/c16-18-11-14(17)19-15(12-7-3-1-4-8-12)13-9-5-2-6-10-13/h1-10,15H,11H2. The van der Waals surface area contributed by atoms with Gasteiger partial charge < -0.3 is 4.74 Å². The number of nitrogens with zero attached hydrogens (tertiary/aromatic N) is 1. The van der Waals surface area contributed by atoms with Crippen LogP contribution in [0.3, 0.4) is 0 Å². The molecule has 0 N–H and O–H groups in total. The maximum atomic E-state index is 11.5. The molecular formula is C15H13NO3. The van der Waals surface area contributed by atoms with Crippen molar-refractivity contribution in [3.8, 4) is 0 Å². The second kappa shape index (κ2) is 6.68. The number of ether oxygens (including phenoxy) is 1. The van der Waals surface area contributed by atoms with Gasteiger partial charge in [-0.15, -0.1) is 0 Å². The highest BCUT2D eigenvalue weighted by Gasteiger charge is 2.18. The summed E-state index contributed by atoms with van der Waals surface area (Å²) in [6.07, 6.45) is -0.509. The van der Waals surface area contributed by atoms with Crippen LogP contribution in [-0.4, -0.2) is 12.6 Å². The van der Waals surface area contributed by atoms with Gasteiger partial charge in [0.15, 0.2) is 12.7 Å². The van der Waals surface area contributed by atoms with Gasteiger partial charge in [0.05, 0.1) is 0 Å². The van der Waals surface area contributed by atoms with Crippen LogP contribution in [-0.2, 0) is 14.4 Å². The molecule has 0 aliphatic heterocycles. The molecule has 0 unspecified atom stereocenters. The lowest BCUT2D eigenvalue weighted by Gasteiger charge is -2.18. The van der Waals surface area contributed by atoms with Gasteiger partial charge in [-0.3, -0.25) is 4.84 Å². The van der Waals surface area contributed by atoms with Crippen molar-refractivity contribution in [2.75, 3.05) is 6.61 Å². The van der Waals surface area contributed by atoms with Crippen molar-refractivity contribution < 1.29 is 14.4 Å². The summed E-state index contributed by atoms with van der Waals surface area (Å²) in [6, 6.07) is 18.8. The van der Waals surface area contributed by atoms with E-state index in [0.717, 1.165) is 11.1 Å². The van der Waals surface area contributed by atoms with Gasteiger partial charge in [-0.1, -0.05) is 60.7 Å². The Morgan fingerprint density at radius 2 is 1.42 bits per heavy atom. The van der Waals surface area contributed by atoms with Crippen molar-refractivity contribution in [2.45, 2.75) is 6.10 Å². The number of hydrogen-bond acceptors (Lipinski definition) is 3. The van der Waals surface area contributed by atoms with Crippen LogP contribution in [0.4, 0.5) is 0 Å². The number of carbonyl (C=O) groups is 1. The van der Waals surface area contributed by atoms with Crippen molar-refractivity contribution in [2.24, 2.45) is 0 Å². The van der Waals surface area contributed by atoms with Gasteiger partial charge in [0.2, 0.25) is 0 Å². The normalized spacial score (nSPS) is 10.4. The molecule has 2 radical (unpaired) electrons. The first-order chi connectivity index (χ1) is 9.31. The summed E-state index contributed by atoms with van der Waals surface area (Å²) in [5.74, 6) is 7.67. The topological polar surface area (TPSA) is 57.8 Å². The van der Waals surface area contributed by atoms with Crippen LogP contribution < -0.4 is 5.90 Å². The quantitative estimate of drug-likeness (QED) is 0.608. The van der Waals surface area contributed by atoms with Crippen molar-refractivity contribution >= 4 is 5.97 Å². The first-order valence-corrected chi connectivity index (χ1v) is 5.87. The Balaban J connectivity index is 2.26. The molecule has 19 heavy (non-hydrogen) atoms. The van der Waals surface area contributed by atoms with E-state index >= 15 is 0 Å². The molecule has 4 heteroatoms. The second-order valence-electron chi connectivity index (χ2n) is 3.96. The maximum Gasteiger partial charge on any atom is 0.335 e. The van der Waals surface area contributed by atoms with Crippen LogP contribution in [0.15, 0.2) is 60.7 Å². The molecule has 0 aliphatic carbocycles. The average molecular weight is 255 g/mol. The fraction of sp³-hybridized carbons (Fsp3) is 0.133. The van der Waals surface area contributed by atoms with Crippen LogP contribution in [0.25, 0.3) is 0 Å². The Morgan fingerprint density at radius 1 is 0.947 bits per heavy atom. The van der Waals surface area contributed by atoms with E-state index < -0.39 is 18.7 Å². The molecule has 0 fully saturated rings. The number of carbonyl (C=O) groups excluding carboxylic acids is 1. The highest BCUT2D eigenvalue weighted by atomic mass is 16.6. The minimum absolute atomic E-state index is 0.490. The molecule has 0 atom stereocenters. The number of esters is 1. The molecule has 0 heterocycles. The van der Waals surface area contributed by atoms with E-state index in [4.69, 9.17) is 10.6 Å². The zero-order valence-electron chi connectivity index (χ0n) is 10.2. The summed E-state index contributed by atoms with van der Waals surface area (Å²) < 4.78 is 5.34. The summed E-state index contributed by atoms with van der Waals surface area (Å²) in [4.78, 5) is 15.3. The Labute approximate surface area is 111 Å². The van der Waals surface area contributed by atoms with Gasteiger partial charge in [-0.05, 0) is 11.1 Å². The molecule has 0 aromatic heterocycles. The van der Waals surface area contributed by atoms with E-state index in [0.29, 0.717) is 0 Å². The van der Waals surface area contributed by atoms with Crippen molar-refractivity contribution in [1.82, 2.24) is 5.90 Å². The Morgan fingerprint density at radius 3 is 1.84 bits per heavy atom. The highest BCUT2D eigenvalue weighted by molar-refractivity contribution is 5.71. The molecule has 0 bridgehead atoms. The van der Waals surface area contributed by atoms with Crippen molar-refractivity contribution in [1.29, 1.82) is 0 Å². The minimum Gasteiger partial charge on any atom is -0.451 e. The number of hydrogen-bond donors (Lipinski definition) is 0. The molecule has 0 saturated carbocycles. The Kier molecular flexibility index (Phi) is 4.66. The Bertz CT molecular complexity index is 474. The van der Waals surface area contributed by atoms with Crippen LogP contribution in [0.2, 0.25) is 0 Å². The summed E-state index contributed by atoms with van der Waals surface area (Å²) in [5, 5.41) is 0. The van der Waals surface area contributed by atoms with E-state index in [-0.39, 0.29) is 0 Å². The SMILES string of the molecule is [N]OCC(=O)OC(c1ccccc1)c1ccccc1. The molecule has 96 valence electrons. The molecule has 2 aromatic rings. The van der Waals surface area contributed by atoms with Crippen LogP contribution in [0.1, 0.15) is 17.2 Å². The van der Waals surface area contributed by atoms with E-state index in [1.807, 2.05) is 60.7 Å². The third-order valence-corrected chi connectivity index (χ3v) is 2.64. The minimum atomic E-state index is -0.625. The number of benzene rings is 2. The molecule has 0 spiro atoms. The first kappa shape index (κ1) is 13.3. The predicted octanol–water partition coefficient (Wildman–Crippen LogP) is 2.32. The van der Waals surface area contributed by atoms with Gasteiger partial charge >= 0.3 is 5.97 Å². The summed E-state index contributed by atoms with van der Waals surface area (Å²) in [5.41, 5.74) is 1.72. The largest absolute Gasteiger partial charge is 0.451 e. The van der Waals surface area contributed by atoms with Gasteiger partial charge in [0, 0.05) is 5.90 Å². The van der Waals surface area contributed by atoms with E-state index in [9.17, 15) is 4.79 Å². The molecule has 4 nitrogen and oxygen atoms in total. The zero-order valence-corrected chi connectivity index (χ0v) is 10.2. The highest BCUT2D eigenvalue weighted by Crippen LogP contribution is 2.25. The molecule has 2 rings (SSSR count). The smallest absolute Gasteiger partial charge is 0.335 e. The molecule has 0 aliphatic rings. The van der Waals surface area contributed by atoms with E-state index in [1.54, 1.807) is 0 Å². The van der Waals surface area contributed by atoms with Crippen LogP contribution in [0.5, 0.6) is 0 Å². The summed E-state index contributed by atoms with van der Waals surface area (Å²) >= 11 is 0. The first-order valence-electron chi connectivity index (χ1n) is 5.87. The van der Waals surface area contributed by atoms with E-state index in [1.165, 1.54) is 0 Å². The molecular weight excluding hydrogens is 242 g/mol. The Hall–Kier alpha value is -2.17. The average Bonchev–Trinajstić information content (AvgIpc) is 2.47. The fourth-order valence-corrected chi connectivity index (χ4v) is 1.80. The maximum absolute atomic E-state index is 11.5. The molecule has 0 amide bonds. The van der Waals surface area contributed by atoms with Gasteiger partial charge in [-0.2, -0.15) is 0 Å². The lowest BCUT2D eigenvalue weighted by atomic mass is 10.0. The van der Waals surface area contributed by atoms with Gasteiger partial charge in [-0.25, -0.2) is 4.79 Å². The van der Waals surface area contributed by atoms with Crippen molar-refractivity contribution in [3.63, 3.8) is 0 Å². The molecule has 2 aromatic carbocycles. The summed E-state index contributed by atoms with van der Waals surface area (Å²) in [7, 11) is 0. The van der Waals surface area contributed by atoms with Crippen LogP contribution >= 0.6 is 0 Å². The number of rotatable bonds is 5. The van der Waals surface area contributed by atoms with Crippen LogP contribution in [0, 0.1) is 0 Å². The van der Waals surface area contributed by atoms with Crippen molar-refractivity contribution in [3.05, 3.63) is 71.8 Å². The molecule has 0 saturated heterocycles. The van der Waals surface area contributed by atoms with Gasteiger partial charge in [0.25, 0.3) is 0 Å². The third kappa shape index (κ3) is 3.64. The third-order valence-electron chi connectivity index (χ3n) is 2.64. The monoisotopic (exact) mass is 255 g/mol. The lowest BCUT2D eigenvalue weighted by Crippen LogP contribution is -2.17.